The zero-order valence-corrected chi connectivity index (χ0v) is 10.0. The first kappa shape index (κ1) is 16.4. The molecule has 0 saturated carbocycles. The molecular formula is C12H6F5NO3. The predicted molar refractivity (Wildman–Crippen MR) is 60.6 cm³/mol. The van der Waals surface area contributed by atoms with Crippen molar-refractivity contribution in [3.63, 3.8) is 0 Å². The minimum absolute atomic E-state index is 0.286. The van der Waals surface area contributed by atoms with Crippen molar-refractivity contribution in [2.75, 3.05) is 11.4 Å². The van der Waals surface area contributed by atoms with Crippen molar-refractivity contribution in [2.45, 2.75) is 6.18 Å². The number of alkyl halides is 3. The fraction of sp³-hybridized carbons (Fsp3) is 0.167. The van der Waals surface area contributed by atoms with Gasteiger partial charge < -0.3 is 5.11 Å². The molecule has 0 aliphatic carbocycles. The van der Waals surface area contributed by atoms with Gasteiger partial charge in [-0.25, -0.2) is 13.6 Å². The number of aromatic carboxylic acids is 1. The van der Waals surface area contributed by atoms with E-state index in [1.807, 2.05) is 0 Å². The lowest BCUT2D eigenvalue weighted by molar-refractivity contribution is -0.170. The zero-order chi connectivity index (χ0) is 16.4. The number of amides is 1. The normalized spacial score (nSPS) is 10.9. The topological polar surface area (TPSA) is 57.6 Å². The fourth-order valence-electron chi connectivity index (χ4n) is 1.44. The molecule has 21 heavy (non-hydrogen) atoms. The van der Waals surface area contributed by atoms with Gasteiger partial charge in [-0.2, -0.15) is 13.2 Å². The van der Waals surface area contributed by atoms with Crippen molar-refractivity contribution in [2.24, 2.45) is 0 Å². The summed E-state index contributed by atoms with van der Waals surface area (Å²) in [7, 11) is 0. The molecule has 0 bridgehead atoms. The second-order valence-corrected chi connectivity index (χ2v) is 3.69. The van der Waals surface area contributed by atoms with E-state index in [9.17, 15) is 31.5 Å². The van der Waals surface area contributed by atoms with Crippen LogP contribution in [0.25, 0.3) is 0 Å². The van der Waals surface area contributed by atoms with E-state index in [-0.39, 0.29) is 17.0 Å². The molecule has 0 aliphatic rings. The molecule has 0 aromatic heterocycles. The van der Waals surface area contributed by atoms with Crippen LogP contribution in [0.1, 0.15) is 10.4 Å². The van der Waals surface area contributed by atoms with Crippen LogP contribution < -0.4 is 4.90 Å². The van der Waals surface area contributed by atoms with Crippen molar-refractivity contribution >= 4 is 17.6 Å². The largest absolute Gasteiger partial charge is 0.478 e. The molecular weight excluding hydrogens is 301 g/mol. The number of hydrogen-bond donors (Lipinski definition) is 1. The average Bonchev–Trinajstić information content (AvgIpc) is 2.34. The van der Waals surface area contributed by atoms with Gasteiger partial charge >= 0.3 is 18.1 Å². The first-order valence-corrected chi connectivity index (χ1v) is 5.14. The van der Waals surface area contributed by atoms with Gasteiger partial charge in [0.1, 0.15) is 5.69 Å². The fourth-order valence-corrected chi connectivity index (χ4v) is 1.44. The maximum atomic E-state index is 13.7. The number of nitrogens with zero attached hydrogens (tertiary/aromatic N) is 1. The number of rotatable bonds is 3. The van der Waals surface area contributed by atoms with Crippen molar-refractivity contribution in [1.29, 1.82) is 0 Å². The standard InChI is InChI=1S/C12H6F5NO3/c1-2-3-18(11(21)12(15,16)17)9-7(13)4-6(10(19)20)5-8(9)14/h1,4-5H,3H2,(H,19,20). The Labute approximate surface area is 114 Å². The van der Waals surface area contributed by atoms with E-state index in [1.54, 1.807) is 5.92 Å². The molecule has 4 nitrogen and oxygen atoms in total. The number of carboxylic acid groups (broad SMARTS) is 1. The molecule has 0 spiro atoms. The minimum atomic E-state index is -5.40. The molecule has 1 N–H and O–H groups in total. The molecule has 1 aromatic rings. The maximum absolute atomic E-state index is 13.7. The van der Waals surface area contributed by atoms with Crippen molar-refractivity contribution < 1.29 is 36.6 Å². The van der Waals surface area contributed by atoms with Crippen LogP contribution in [0.5, 0.6) is 0 Å². The Hall–Kier alpha value is -2.63. The average molecular weight is 307 g/mol. The second-order valence-electron chi connectivity index (χ2n) is 3.69. The highest BCUT2D eigenvalue weighted by atomic mass is 19.4. The summed E-state index contributed by atoms with van der Waals surface area (Å²) < 4.78 is 64.5. The number of carbonyl (C=O) groups excluding carboxylic acids is 1. The summed E-state index contributed by atoms with van der Waals surface area (Å²) in [6.07, 6.45) is -0.626. The van der Waals surface area contributed by atoms with Crippen molar-refractivity contribution in [3.8, 4) is 12.3 Å². The Bertz CT molecular complexity index is 610. The maximum Gasteiger partial charge on any atom is 0.471 e. The smallest absolute Gasteiger partial charge is 0.471 e. The summed E-state index contributed by atoms with van der Waals surface area (Å²) in [6.45, 7) is -1.04. The van der Waals surface area contributed by atoms with Crippen LogP contribution in [0.15, 0.2) is 12.1 Å². The molecule has 1 amide bonds. The van der Waals surface area contributed by atoms with Gasteiger partial charge in [0.2, 0.25) is 0 Å². The van der Waals surface area contributed by atoms with Gasteiger partial charge in [0.05, 0.1) is 12.1 Å². The Morgan fingerprint density at radius 1 is 1.24 bits per heavy atom. The van der Waals surface area contributed by atoms with Gasteiger partial charge in [-0.3, -0.25) is 9.69 Å². The lowest BCUT2D eigenvalue weighted by Crippen LogP contribution is -2.42. The molecule has 1 aromatic carbocycles. The highest BCUT2D eigenvalue weighted by molar-refractivity contribution is 5.98. The molecule has 0 aliphatic heterocycles. The number of terminal acetylenes is 1. The third-order valence-corrected chi connectivity index (χ3v) is 2.27. The highest BCUT2D eigenvalue weighted by Gasteiger charge is 2.44. The minimum Gasteiger partial charge on any atom is -0.478 e. The van der Waals surface area contributed by atoms with Crippen molar-refractivity contribution in [1.82, 2.24) is 0 Å². The Balaban J connectivity index is 3.44. The van der Waals surface area contributed by atoms with Gasteiger partial charge in [-0.15, -0.1) is 6.42 Å². The van der Waals surface area contributed by atoms with E-state index in [4.69, 9.17) is 11.5 Å². The van der Waals surface area contributed by atoms with Crippen molar-refractivity contribution in [3.05, 3.63) is 29.3 Å². The molecule has 1 rings (SSSR count). The summed E-state index contributed by atoms with van der Waals surface area (Å²) in [5, 5.41) is 8.58. The SMILES string of the molecule is C#CCN(C(=O)C(F)(F)F)c1c(F)cc(C(=O)O)cc1F. The molecule has 0 saturated heterocycles. The molecule has 0 fully saturated rings. The van der Waals surface area contributed by atoms with E-state index >= 15 is 0 Å². The Kier molecular flexibility index (Phi) is 4.52. The number of anilines is 1. The molecule has 9 heteroatoms. The van der Waals surface area contributed by atoms with Gasteiger partial charge in [-0.1, -0.05) is 5.92 Å². The van der Waals surface area contributed by atoms with Crippen LogP contribution in [-0.4, -0.2) is 29.7 Å². The van der Waals surface area contributed by atoms with Crippen LogP contribution in [0.3, 0.4) is 0 Å². The molecule has 0 unspecified atom stereocenters. The summed E-state index contributed by atoms with van der Waals surface area (Å²) in [5.41, 5.74) is -2.19. The van der Waals surface area contributed by atoms with Gasteiger partial charge in [0, 0.05) is 0 Å². The van der Waals surface area contributed by atoms with Crippen LogP contribution >= 0.6 is 0 Å². The lowest BCUT2D eigenvalue weighted by atomic mass is 10.1. The monoisotopic (exact) mass is 307 g/mol. The van der Waals surface area contributed by atoms with Crippen LogP contribution in [0, 0.1) is 24.0 Å². The lowest BCUT2D eigenvalue weighted by Gasteiger charge is -2.22. The summed E-state index contributed by atoms with van der Waals surface area (Å²) in [5.74, 6) is -5.90. The van der Waals surface area contributed by atoms with E-state index < -0.39 is 47.5 Å². The van der Waals surface area contributed by atoms with Gasteiger partial charge in [0.15, 0.2) is 11.6 Å². The second kappa shape index (κ2) is 5.78. The summed E-state index contributed by atoms with van der Waals surface area (Å²) >= 11 is 0. The molecule has 0 radical (unpaired) electrons. The van der Waals surface area contributed by atoms with Gasteiger partial charge in [-0.05, 0) is 12.1 Å². The third-order valence-electron chi connectivity index (χ3n) is 2.27. The van der Waals surface area contributed by atoms with Crippen LogP contribution in [-0.2, 0) is 4.79 Å². The third kappa shape index (κ3) is 3.47. The Morgan fingerprint density at radius 3 is 2.05 bits per heavy atom. The van der Waals surface area contributed by atoms with E-state index in [0.29, 0.717) is 0 Å². The number of benzene rings is 1. The first-order valence-electron chi connectivity index (χ1n) is 5.14. The first-order chi connectivity index (χ1) is 9.59. The number of carboxylic acids is 1. The molecule has 112 valence electrons. The summed E-state index contributed by atoms with van der Waals surface area (Å²) in [4.78, 5) is 21.4. The molecule has 0 atom stereocenters. The number of hydrogen-bond acceptors (Lipinski definition) is 2. The number of halogens is 5. The molecule has 0 heterocycles. The van der Waals surface area contributed by atoms with E-state index in [0.717, 1.165) is 0 Å². The highest BCUT2D eigenvalue weighted by Crippen LogP contribution is 2.29. The Morgan fingerprint density at radius 2 is 1.71 bits per heavy atom. The van der Waals surface area contributed by atoms with Crippen LogP contribution in [0.4, 0.5) is 27.6 Å². The quantitative estimate of drug-likeness (QED) is 0.688. The van der Waals surface area contributed by atoms with Gasteiger partial charge in [0.25, 0.3) is 0 Å². The zero-order valence-electron chi connectivity index (χ0n) is 10.0. The van der Waals surface area contributed by atoms with Crippen LogP contribution in [0.2, 0.25) is 0 Å². The van der Waals surface area contributed by atoms with E-state index in [2.05, 4.69) is 0 Å². The predicted octanol–water partition coefficient (Wildman–Crippen LogP) is 2.19. The number of carbonyl (C=O) groups is 2. The van der Waals surface area contributed by atoms with E-state index in [1.165, 1.54) is 0 Å². The summed E-state index contributed by atoms with van der Waals surface area (Å²) in [6, 6.07) is 0.571.